The predicted molar refractivity (Wildman–Crippen MR) is 68.6 cm³/mol. The first kappa shape index (κ1) is 11.4. The van der Waals surface area contributed by atoms with Crippen molar-refractivity contribution in [3.8, 4) is 0 Å². The van der Waals surface area contributed by atoms with E-state index in [1.807, 2.05) is 19.4 Å². The van der Waals surface area contributed by atoms with Gasteiger partial charge in [-0.25, -0.2) is 4.98 Å². The van der Waals surface area contributed by atoms with Gasteiger partial charge in [-0.05, 0) is 7.05 Å². The van der Waals surface area contributed by atoms with Crippen LogP contribution < -0.4 is 5.32 Å². The second-order valence-electron chi connectivity index (χ2n) is 3.65. The van der Waals surface area contributed by atoms with E-state index in [2.05, 4.69) is 45.4 Å². The first-order valence-corrected chi connectivity index (χ1v) is 7.37. The van der Waals surface area contributed by atoms with Crippen molar-refractivity contribution in [1.82, 2.24) is 14.9 Å². The lowest BCUT2D eigenvalue weighted by atomic mass is 10.2. The van der Waals surface area contributed by atoms with E-state index in [0.717, 1.165) is 5.82 Å². The number of aryl methyl sites for hydroxylation is 1. The Bertz CT molecular complexity index is 307. The van der Waals surface area contributed by atoms with Gasteiger partial charge in [0.15, 0.2) is 0 Å². The fraction of sp³-hybridized carbons (Fsp3) is 0.700. The van der Waals surface area contributed by atoms with E-state index in [9.17, 15) is 0 Å². The fourth-order valence-corrected chi connectivity index (χ4v) is 4.73. The predicted octanol–water partition coefficient (Wildman–Crippen LogP) is 1.53. The average molecular weight is 243 g/mol. The van der Waals surface area contributed by atoms with E-state index < -0.39 is 0 Å². The first-order chi connectivity index (χ1) is 7.33. The summed E-state index contributed by atoms with van der Waals surface area (Å²) in [5, 5.41) is 4.05. The molecule has 0 aromatic carbocycles. The van der Waals surface area contributed by atoms with Crippen LogP contribution in [0.1, 0.15) is 11.9 Å². The van der Waals surface area contributed by atoms with Gasteiger partial charge in [-0.1, -0.05) is 0 Å². The first-order valence-electron chi connectivity index (χ1n) is 5.16. The Morgan fingerprint density at radius 2 is 2.47 bits per heavy atom. The quantitative estimate of drug-likeness (QED) is 0.872. The second kappa shape index (κ2) is 5.27. The van der Waals surface area contributed by atoms with Crippen LogP contribution >= 0.6 is 23.5 Å². The maximum atomic E-state index is 4.44. The number of rotatable bonds is 3. The molecule has 1 saturated heterocycles. The molecule has 2 heterocycles. The lowest BCUT2D eigenvalue weighted by Crippen LogP contribution is -2.33. The van der Waals surface area contributed by atoms with E-state index in [0.29, 0.717) is 11.3 Å². The Balaban J connectivity index is 2.12. The van der Waals surface area contributed by atoms with E-state index >= 15 is 0 Å². The molecule has 2 rings (SSSR count). The van der Waals surface area contributed by atoms with Gasteiger partial charge in [0.05, 0.1) is 6.04 Å². The minimum Gasteiger partial charge on any atom is -0.337 e. The molecule has 15 heavy (non-hydrogen) atoms. The van der Waals surface area contributed by atoms with Crippen LogP contribution in [-0.2, 0) is 7.05 Å². The average Bonchev–Trinajstić information content (AvgIpc) is 2.68. The summed E-state index contributed by atoms with van der Waals surface area (Å²) in [4.78, 5) is 4.44. The summed E-state index contributed by atoms with van der Waals surface area (Å²) in [7, 11) is 4.09. The van der Waals surface area contributed by atoms with Gasteiger partial charge in [-0.2, -0.15) is 23.5 Å². The number of nitrogens with one attached hydrogen (secondary N) is 1. The highest BCUT2D eigenvalue weighted by Crippen LogP contribution is 2.32. The van der Waals surface area contributed by atoms with Crippen molar-refractivity contribution in [2.24, 2.45) is 7.05 Å². The lowest BCUT2D eigenvalue weighted by Gasteiger charge is -2.28. The van der Waals surface area contributed by atoms with Crippen LogP contribution in [0.2, 0.25) is 0 Å². The number of imidazole rings is 1. The maximum Gasteiger partial charge on any atom is 0.126 e. The van der Waals surface area contributed by atoms with E-state index in [4.69, 9.17) is 0 Å². The van der Waals surface area contributed by atoms with Gasteiger partial charge in [-0.15, -0.1) is 0 Å². The third-order valence-corrected chi connectivity index (χ3v) is 5.52. The van der Waals surface area contributed by atoms with Crippen molar-refractivity contribution < 1.29 is 0 Å². The molecule has 1 aromatic heterocycles. The van der Waals surface area contributed by atoms with Gasteiger partial charge in [0.2, 0.25) is 0 Å². The third kappa shape index (κ3) is 2.52. The highest BCUT2D eigenvalue weighted by Gasteiger charge is 2.27. The van der Waals surface area contributed by atoms with E-state index in [1.54, 1.807) is 0 Å². The monoisotopic (exact) mass is 243 g/mol. The van der Waals surface area contributed by atoms with E-state index in [1.165, 1.54) is 17.3 Å². The van der Waals surface area contributed by atoms with Crippen molar-refractivity contribution in [3.05, 3.63) is 18.2 Å². The van der Waals surface area contributed by atoms with Crippen LogP contribution in [0.15, 0.2) is 12.4 Å². The zero-order valence-electron chi connectivity index (χ0n) is 9.14. The molecule has 3 nitrogen and oxygen atoms in total. The molecule has 0 bridgehead atoms. The number of aromatic nitrogens is 2. The summed E-state index contributed by atoms with van der Waals surface area (Å²) < 4.78 is 2.11. The van der Waals surface area contributed by atoms with Crippen LogP contribution in [0.5, 0.6) is 0 Å². The minimum absolute atomic E-state index is 0.378. The molecule has 1 aromatic rings. The van der Waals surface area contributed by atoms with Crippen molar-refractivity contribution >= 4 is 23.5 Å². The SMILES string of the molecule is CNC(c1nccn1C)C1CSCCS1. The third-order valence-electron chi connectivity index (χ3n) is 2.66. The van der Waals surface area contributed by atoms with Gasteiger partial charge in [-0.3, -0.25) is 0 Å². The highest BCUT2D eigenvalue weighted by atomic mass is 32.2. The van der Waals surface area contributed by atoms with E-state index in [-0.39, 0.29) is 0 Å². The number of hydrogen-bond donors (Lipinski definition) is 1. The van der Waals surface area contributed by atoms with Crippen LogP contribution in [0.25, 0.3) is 0 Å². The molecule has 0 spiro atoms. The fourth-order valence-electron chi connectivity index (χ4n) is 1.86. The Morgan fingerprint density at radius 3 is 3.00 bits per heavy atom. The molecular formula is C10H17N3S2. The Kier molecular flexibility index (Phi) is 3.99. The molecule has 1 N–H and O–H groups in total. The normalized spacial score (nSPS) is 24.0. The van der Waals surface area contributed by atoms with Crippen LogP contribution in [-0.4, -0.2) is 39.1 Å². The summed E-state index contributed by atoms with van der Waals surface area (Å²) >= 11 is 4.12. The molecule has 2 unspecified atom stereocenters. The summed E-state index contributed by atoms with van der Waals surface area (Å²) in [6, 6.07) is 0.378. The summed E-state index contributed by atoms with van der Waals surface area (Å²) in [5.74, 6) is 4.93. The van der Waals surface area contributed by atoms with Gasteiger partial charge >= 0.3 is 0 Å². The van der Waals surface area contributed by atoms with Crippen molar-refractivity contribution in [2.75, 3.05) is 24.3 Å². The molecule has 0 amide bonds. The molecule has 1 aliphatic heterocycles. The molecule has 0 aliphatic carbocycles. The number of nitrogens with zero attached hydrogens (tertiary/aromatic N) is 2. The standard InChI is InChI=1S/C10H17N3S2/c1-11-9(8-7-14-5-6-15-8)10-12-3-4-13(10)2/h3-4,8-9,11H,5-7H2,1-2H3. The van der Waals surface area contributed by atoms with Crippen molar-refractivity contribution in [3.63, 3.8) is 0 Å². The Hall–Kier alpha value is -0.130. The van der Waals surface area contributed by atoms with Crippen molar-refractivity contribution in [2.45, 2.75) is 11.3 Å². The van der Waals surface area contributed by atoms with Gasteiger partial charge in [0, 0.05) is 41.9 Å². The van der Waals surface area contributed by atoms with Gasteiger partial charge < -0.3 is 9.88 Å². The lowest BCUT2D eigenvalue weighted by molar-refractivity contribution is 0.539. The largest absolute Gasteiger partial charge is 0.337 e. The maximum absolute atomic E-state index is 4.44. The Morgan fingerprint density at radius 1 is 1.60 bits per heavy atom. The number of thioether (sulfide) groups is 2. The molecule has 1 aliphatic rings. The molecule has 0 saturated carbocycles. The minimum atomic E-state index is 0.378. The Labute approximate surface area is 99.4 Å². The molecule has 0 radical (unpaired) electrons. The molecular weight excluding hydrogens is 226 g/mol. The van der Waals surface area contributed by atoms with Gasteiger partial charge in [0.1, 0.15) is 5.82 Å². The number of hydrogen-bond acceptors (Lipinski definition) is 4. The van der Waals surface area contributed by atoms with Crippen LogP contribution in [0.4, 0.5) is 0 Å². The van der Waals surface area contributed by atoms with Crippen LogP contribution in [0, 0.1) is 0 Å². The zero-order valence-corrected chi connectivity index (χ0v) is 10.8. The van der Waals surface area contributed by atoms with Gasteiger partial charge in [0.25, 0.3) is 0 Å². The molecule has 84 valence electrons. The summed E-state index contributed by atoms with van der Waals surface area (Å²) in [5.41, 5.74) is 0. The zero-order chi connectivity index (χ0) is 10.7. The second-order valence-corrected chi connectivity index (χ2v) is 6.14. The van der Waals surface area contributed by atoms with Crippen LogP contribution in [0.3, 0.4) is 0 Å². The summed E-state index contributed by atoms with van der Waals surface area (Å²) in [6.07, 6.45) is 3.89. The smallest absolute Gasteiger partial charge is 0.126 e. The topological polar surface area (TPSA) is 29.9 Å². The van der Waals surface area contributed by atoms with Crippen molar-refractivity contribution in [1.29, 1.82) is 0 Å². The molecule has 2 atom stereocenters. The summed E-state index contributed by atoms with van der Waals surface area (Å²) in [6.45, 7) is 0. The molecule has 5 heteroatoms. The molecule has 1 fully saturated rings. The highest BCUT2D eigenvalue weighted by molar-refractivity contribution is 8.06.